The van der Waals surface area contributed by atoms with E-state index < -0.39 is 5.97 Å². The van der Waals surface area contributed by atoms with Crippen molar-refractivity contribution in [2.45, 2.75) is 64.0 Å². The number of ether oxygens (including phenoxy) is 1. The Balaban J connectivity index is 2.32. The zero-order chi connectivity index (χ0) is 13.4. The van der Waals surface area contributed by atoms with Gasteiger partial charge in [-0.05, 0) is 25.7 Å². The van der Waals surface area contributed by atoms with Crippen LogP contribution in [0.25, 0.3) is 0 Å². The zero-order valence-electron chi connectivity index (χ0n) is 11.0. The predicted octanol–water partition coefficient (Wildman–Crippen LogP) is 1.71. The van der Waals surface area contributed by atoms with E-state index in [4.69, 9.17) is 9.84 Å². The number of aliphatic carboxylic acids is 1. The molecule has 0 aromatic heterocycles. The minimum absolute atomic E-state index is 0.00542. The Morgan fingerprint density at radius 3 is 2.78 bits per heavy atom. The van der Waals surface area contributed by atoms with Gasteiger partial charge in [0.2, 0.25) is 5.91 Å². The fourth-order valence-electron chi connectivity index (χ4n) is 2.25. The fraction of sp³-hybridized carbons (Fsp3) is 0.846. The molecule has 0 bridgehead atoms. The van der Waals surface area contributed by atoms with Gasteiger partial charge in [-0.3, -0.25) is 9.59 Å². The molecule has 1 fully saturated rings. The first kappa shape index (κ1) is 15.0. The van der Waals surface area contributed by atoms with Gasteiger partial charge in [-0.2, -0.15) is 0 Å². The molecule has 1 aliphatic rings. The van der Waals surface area contributed by atoms with Crippen LogP contribution >= 0.6 is 0 Å². The third kappa shape index (κ3) is 6.00. The summed E-state index contributed by atoms with van der Waals surface area (Å²) in [5, 5.41) is 11.6. The molecule has 0 spiro atoms. The first-order valence-corrected chi connectivity index (χ1v) is 6.74. The molecule has 0 aromatic carbocycles. The van der Waals surface area contributed by atoms with Crippen LogP contribution in [0.2, 0.25) is 0 Å². The number of carboxylic acids is 1. The highest BCUT2D eigenvalue weighted by Gasteiger charge is 2.20. The number of amides is 1. The second-order valence-electron chi connectivity index (χ2n) is 4.84. The molecule has 2 atom stereocenters. The van der Waals surface area contributed by atoms with Crippen molar-refractivity contribution in [3.05, 3.63) is 0 Å². The van der Waals surface area contributed by atoms with Gasteiger partial charge in [-0.1, -0.05) is 13.3 Å². The number of carbonyl (C=O) groups is 2. The van der Waals surface area contributed by atoms with Crippen molar-refractivity contribution in [2.24, 2.45) is 0 Å². The lowest BCUT2D eigenvalue weighted by Crippen LogP contribution is -2.38. The minimum atomic E-state index is -0.873. The van der Waals surface area contributed by atoms with Crippen LogP contribution in [0.15, 0.2) is 0 Å². The molecule has 0 aliphatic carbocycles. The molecule has 5 heteroatoms. The van der Waals surface area contributed by atoms with Gasteiger partial charge in [0.15, 0.2) is 0 Å². The van der Waals surface area contributed by atoms with E-state index in [1.807, 2.05) is 6.92 Å². The lowest BCUT2D eigenvalue weighted by Gasteiger charge is -2.23. The van der Waals surface area contributed by atoms with E-state index in [9.17, 15) is 9.59 Å². The first-order chi connectivity index (χ1) is 8.61. The number of carbonyl (C=O) groups excluding carboxylic acids is 1. The third-order valence-corrected chi connectivity index (χ3v) is 3.11. The van der Waals surface area contributed by atoms with Crippen LogP contribution in [0.3, 0.4) is 0 Å². The highest BCUT2D eigenvalue weighted by Crippen LogP contribution is 2.15. The van der Waals surface area contributed by atoms with Crippen molar-refractivity contribution >= 4 is 11.9 Å². The van der Waals surface area contributed by atoms with Crippen molar-refractivity contribution in [3.63, 3.8) is 0 Å². The summed E-state index contributed by atoms with van der Waals surface area (Å²) < 4.78 is 5.49. The third-order valence-electron chi connectivity index (χ3n) is 3.11. The second-order valence-corrected chi connectivity index (χ2v) is 4.84. The van der Waals surface area contributed by atoms with Gasteiger partial charge < -0.3 is 15.2 Å². The molecule has 1 heterocycles. The Hall–Kier alpha value is -1.10. The maximum Gasteiger partial charge on any atom is 0.305 e. The summed E-state index contributed by atoms with van der Waals surface area (Å²) in [7, 11) is 0. The highest BCUT2D eigenvalue weighted by molar-refractivity contribution is 5.77. The Kier molecular flexibility index (Phi) is 6.72. The monoisotopic (exact) mass is 257 g/mol. The van der Waals surface area contributed by atoms with Gasteiger partial charge in [0, 0.05) is 12.6 Å². The molecule has 0 saturated carbocycles. The van der Waals surface area contributed by atoms with Crippen molar-refractivity contribution in [1.82, 2.24) is 5.32 Å². The predicted molar refractivity (Wildman–Crippen MR) is 67.3 cm³/mol. The summed E-state index contributed by atoms with van der Waals surface area (Å²) in [5.41, 5.74) is 0. The molecule has 104 valence electrons. The van der Waals surface area contributed by atoms with Crippen LogP contribution in [0, 0.1) is 0 Å². The van der Waals surface area contributed by atoms with Gasteiger partial charge in [0.05, 0.1) is 18.9 Å². The summed E-state index contributed by atoms with van der Waals surface area (Å²) in [6.45, 7) is 2.71. The quantitative estimate of drug-likeness (QED) is 0.728. The van der Waals surface area contributed by atoms with E-state index >= 15 is 0 Å². The molecule has 2 unspecified atom stereocenters. The summed E-state index contributed by atoms with van der Waals surface area (Å²) in [5.74, 6) is -0.968. The Morgan fingerprint density at radius 2 is 2.22 bits per heavy atom. The topological polar surface area (TPSA) is 75.6 Å². The van der Waals surface area contributed by atoms with Gasteiger partial charge in [0.1, 0.15) is 0 Å². The molecule has 1 saturated heterocycles. The number of nitrogens with one attached hydrogen (secondary N) is 1. The molecule has 0 radical (unpaired) electrons. The number of carboxylic acid groups (broad SMARTS) is 1. The molecule has 18 heavy (non-hydrogen) atoms. The number of hydrogen-bond donors (Lipinski definition) is 2. The summed E-state index contributed by atoms with van der Waals surface area (Å²) in [6, 6.07) is -0.261. The Labute approximate surface area is 108 Å². The van der Waals surface area contributed by atoms with Crippen LogP contribution in [-0.2, 0) is 14.3 Å². The number of rotatable bonds is 7. The normalized spacial score (nSPS) is 21.3. The lowest BCUT2D eigenvalue weighted by atomic mass is 10.0. The molecular weight excluding hydrogens is 234 g/mol. The van der Waals surface area contributed by atoms with Gasteiger partial charge in [-0.25, -0.2) is 0 Å². The van der Waals surface area contributed by atoms with Crippen molar-refractivity contribution in [2.75, 3.05) is 6.61 Å². The van der Waals surface area contributed by atoms with E-state index in [0.29, 0.717) is 12.8 Å². The molecule has 1 amide bonds. The highest BCUT2D eigenvalue weighted by atomic mass is 16.5. The summed E-state index contributed by atoms with van der Waals surface area (Å²) >= 11 is 0. The first-order valence-electron chi connectivity index (χ1n) is 6.74. The largest absolute Gasteiger partial charge is 0.481 e. The van der Waals surface area contributed by atoms with Crippen LogP contribution < -0.4 is 5.32 Å². The summed E-state index contributed by atoms with van der Waals surface area (Å²) in [6.07, 6.45) is 4.99. The Morgan fingerprint density at radius 1 is 1.44 bits per heavy atom. The molecule has 1 aliphatic heterocycles. The average molecular weight is 257 g/mol. The fourth-order valence-corrected chi connectivity index (χ4v) is 2.25. The summed E-state index contributed by atoms with van der Waals surface area (Å²) in [4.78, 5) is 22.5. The standard InChI is InChI=1S/C13H23NO4/c1-2-5-10(8-13(16)17)14-12(15)9-11-6-3-4-7-18-11/h10-11H,2-9H2,1H3,(H,14,15)(H,16,17). The van der Waals surface area contributed by atoms with Crippen molar-refractivity contribution in [3.8, 4) is 0 Å². The molecular formula is C13H23NO4. The lowest BCUT2D eigenvalue weighted by molar-refractivity contribution is -0.137. The second kappa shape index (κ2) is 8.08. The van der Waals surface area contributed by atoms with Gasteiger partial charge >= 0.3 is 5.97 Å². The van der Waals surface area contributed by atoms with E-state index in [0.717, 1.165) is 32.3 Å². The van der Waals surface area contributed by atoms with Gasteiger partial charge in [0.25, 0.3) is 0 Å². The molecule has 1 rings (SSSR count). The van der Waals surface area contributed by atoms with Gasteiger partial charge in [-0.15, -0.1) is 0 Å². The van der Waals surface area contributed by atoms with E-state index in [2.05, 4.69) is 5.32 Å². The van der Waals surface area contributed by atoms with E-state index in [1.54, 1.807) is 0 Å². The molecule has 0 aromatic rings. The van der Waals surface area contributed by atoms with Crippen LogP contribution in [0.1, 0.15) is 51.9 Å². The average Bonchev–Trinajstić information content (AvgIpc) is 2.29. The van der Waals surface area contributed by atoms with E-state index in [-0.39, 0.29) is 24.5 Å². The minimum Gasteiger partial charge on any atom is -0.481 e. The van der Waals surface area contributed by atoms with Crippen LogP contribution in [0.4, 0.5) is 0 Å². The SMILES string of the molecule is CCCC(CC(=O)O)NC(=O)CC1CCCCO1. The smallest absolute Gasteiger partial charge is 0.305 e. The molecule has 2 N–H and O–H groups in total. The maximum atomic E-state index is 11.8. The Bertz CT molecular complexity index is 274. The molecule has 5 nitrogen and oxygen atoms in total. The zero-order valence-corrected chi connectivity index (χ0v) is 11.0. The van der Waals surface area contributed by atoms with Crippen LogP contribution in [0.5, 0.6) is 0 Å². The van der Waals surface area contributed by atoms with Crippen molar-refractivity contribution in [1.29, 1.82) is 0 Å². The van der Waals surface area contributed by atoms with E-state index in [1.165, 1.54) is 0 Å². The maximum absolute atomic E-state index is 11.8. The number of hydrogen-bond acceptors (Lipinski definition) is 3. The van der Waals surface area contributed by atoms with Crippen molar-refractivity contribution < 1.29 is 19.4 Å². The van der Waals surface area contributed by atoms with Crippen LogP contribution in [-0.4, -0.2) is 35.7 Å².